The van der Waals surface area contributed by atoms with Crippen molar-refractivity contribution in [1.82, 2.24) is 4.98 Å². The third-order valence-corrected chi connectivity index (χ3v) is 4.97. The van der Waals surface area contributed by atoms with Crippen LogP contribution < -0.4 is 10.2 Å². The summed E-state index contributed by atoms with van der Waals surface area (Å²) in [5.41, 5.74) is 5.92. The molecule has 7 nitrogen and oxygen atoms in total. The predicted molar refractivity (Wildman–Crippen MR) is 112 cm³/mol. The summed E-state index contributed by atoms with van der Waals surface area (Å²) in [6.45, 7) is 9.67. The summed E-state index contributed by atoms with van der Waals surface area (Å²) < 4.78 is 4.78. The minimum atomic E-state index is -0.473. The van der Waals surface area contributed by atoms with Gasteiger partial charge in [0.2, 0.25) is 5.78 Å². The first kappa shape index (κ1) is 22.4. The number of hydrogen-bond acceptors (Lipinski definition) is 4. The van der Waals surface area contributed by atoms with Crippen molar-refractivity contribution in [3.8, 4) is 0 Å². The lowest BCUT2D eigenvalue weighted by Crippen LogP contribution is -3.11. The van der Waals surface area contributed by atoms with Crippen LogP contribution in [0.15, 0.2) is 12.1 Å². The third-order valence-electron chi connectivity index (χ3n) is 4.97. The Morgan fingerprint density at radius 1 is 1.03 bits per heavy atom. The maximum Gasteiger partial charge on any atom is 0.339 e. The lowest BCUT2D eigenvalue weighted by Gasteiger charge is -2.16. The van der Waals surface area contributed by atoms with Gasteiger partial charge in [0.15, 0.2) is 6.54 Å². The molecule has 156 valence electrons. The highest BCUT2D eigenvalue weighted by Gasteiger charge is 2.25. The van der Waals surface area contributed by atoms with Gasteiger partial charge in [-0.25, -0.2) is 4.79 Å². The van der Waals surface area contributed by atoms with Crippen LogP contribution in [0.5, 0.6) is 0 Å². The first-order chi connectivity index (χ1) is 13.5. The number of methoxy groups -OCH3 is 1. The molecule has 1 amide bonds. The zero-order valence-corrected chi connectivity index (χ0v) is 18.2. The van der Waals surface area contributed by atoms with Crippen molar-refractivity contribution in [3.05, 3.63) is 51.3 Å². The van der Waals surface area contributed by atoms with Crippen LogP contribution in [0, 0.1) is 34.6 Å². The molecule has 2 rings (SSSR count). The minimum absolute atomic E-state index is 0.126. The molecular formula is C22H30N3O4+. The summed E-state index contributed by atoms with van der Waals surface area (Å²) in [7, 11) is 3.10. The summed E-state index contributed by atoms with van der Waals surface area (Å²) >= 11 is 0. The average Bonchev–Trinajstić information content (AvgIpc) is 2.91. The van der Waals surface area contributed by atoms with E-state index in [-0.39, 0.29) is 24.8 Å². The number of ether oxygens (including phenoxy) is 1. The number of benzene rings is 1. The second-order valence-electron chi connectivity index (χ2n) is 7.67. The molecule has 0 saturated heterocycles. The van der Waals surface area contributed by atoms with Crippen molar-refractivity contribution in [3.63, 3.8) is 0 Å². The van der Waals surface area contributed by atoms with Gasteiger partial charge in [0, 0.05) is 11.4 Å². The van der Waals surface area contributed by atoms with Gasteiger partial charge in [0.05, 0.1) is 25.4 Å². The lowest BCUT2D eigenvalue weighted by molar-refractivity contribution is -0.861. The van der Waals surface area contributed by atoms with E-state index in [1.807, 2.05) is 32.9 Å². The second kappa shape index (κ2) is 9.05. The van der Waals surface area contributed by atoms with E-state index in [4.69, 9.17) is 4.74 Å². The Labute approximate surface area is 171 Å². The fourth-order valence-corrected chi connectivity index (χ4v) is 3.70. The van der Waals surface area contributed by atoms with E-state index >= 15 is 0 Å². The molecule has 1 aromatic carbocycles. The first-order valence-electron chi connectivity index (χ1n) is 9.54. The molecule has 1 atom stereocenters. The van der Waals surface area contributed by atoms with Crippen molar-refractivity contribution in [2.24, 2.45) is 0 Å². The molecule has 1 unspecified atom stereocenters. The van der Waals surface area contributed by atoms with E-state index in [1.165, 1.54) is 7.11 Å². The number of Topliss-reactive ketones (excluding diaryl/α,β-unsaturated/α-hetero) is 1. The SMILES string of the molecule is COC(=O)c1c(C)[nH]c(C(=O)C[NH+](C)CC(=O)Nc2c(C)cc(C)cc2C)c1C. The van der Waals surface area contributed by atoms with E-state index in [0.717, 1.165) is 27.3 Å². The van der Waals surface area contributed by atoms with Crippen molar-refractivity contribution in [2.75, 3.05) is 32.6 Å². The Kier molecular flexibility index (Phi) is 6.97. The number of esters is 1. The Bertz CT molecular complexity index is 936. The van der Waals surface area contributed by atoms with Crippen LogP contribution in [-0.2, 0) is 9.53 Å². The number of likely N-dealkylation sites (N-methyl/N-ethyl adjacent to an activating group) is 1. The Morgan fingerprint density at radius 3 is 2.17 bits per heavy atom. The second-order valence-corrected chi connectivity index (χ2v) is 7.67. The Balaban J connectivity index is 2.04. The average molecular weight is 400 g/mol. The van der Waals surface area contributed by atoms with E-state index in [1.54, 1.807) is 20.9 Å². The van der Waals surface area contributed by atoms with Crippen LogP contribution >= 0.6 is 0 Å². The number of H-pyrrole nitrogens is 1. The summed E-state index contributed by atoms with van der Waals surface area (Å²) in [6.07, 6.45) is 0. The van der Waals surface area contributed by atoms with Crippen molar-refractivity contribution >= 4 is 23.3 Å². The smallest absolute Gasteiger partial charge is 0.339 e. The van der Waals surface area contributed by atoms with Crippen LogP contribution in [0.25, 0.3) is 0 Å². The fourth-order valence-electron chi connectivity index (χ4n) is 3.70. The van der Waals surface area contributed by atoms with E-state index in [2.05, 4.69) is 10.3 Å². The quantitative estimate of drug-likeness (QED) is 0.487. The zero-order chi connectivity index (χ0) is 21.9. The molecule has 2 aromatic rings. The monoisotopic (exact) mass is 400 g/mol. The number of aromatic amines is 1. The van der Waals surface area contributed by atoms with Crippen LogP contribution in [0.1, 0.15) is 48.8 Å². The highest BCUT2D eigenvalue weighted by molar-refractivity contribution is 6.02. The molecule has 0 aliphatic carbocycles. The number of ketones is 1. The molecule has 7 heteroatoms. The van der Waals surface area contributed by atoms with Gasteiger partial charge < -0.3 is 19.9 Å². The van der Waals surface area contributed by atoms with Gasteiger partial charge in [-0.2, -0.15) is 0 Å². The zero-order valence-electron chi connectivity index (χ0n) is 18.2. The van der Waals surface area contributed by atoms with Crippen molar-refractivity contribution < 1.29 is 24.0 Å². The first-order valence-corrected chi connectivity index (χ1v) is 9.54. The standard InChI is InChI=1S/C22H29N3O4/c1-12-8-13(2)20(14(3)9-12)24-18(27)11-25(6)10-17(26)21-15(4)19(16(5)23-21)22(28)29-7/h8-9,23H,10-11H2,1-7H3,(H,24,27)/p+1. The summed E-state index contributed by atoms with van der Waals surface area (Å²) in [5, 5.41) is 2.96. The van der Waals surface area contributed by atoms with E-state index in [9.17, 15) is 14.4 Å². The predicted octanol–water partition coefficient (Wildman–Crippen LogP) is 1.68. The lowest BCUT2D eigenvalue weighted by atomic mass is 10.1. The van der Waals surface area contributed by atoms with Gasteiger partial charge >= 0.3 is 5.97 Å². The molecule has 0 aliphatic rings. The van der Waals surface area contributed by atoms with Gasteiger partial charge in [0.1, 0.15) is 6.54 Å². The van der Waals surface area contributed by atoms with Crippen LogP contribution in [0.3, 0.4) is 0 Å². The minimum Gasteiger partial charge on any atom is -0.465 e. The number of carbonyl (C=O) groups is 3. The molecule has 3 N–H and O–H groups in total. The number of aryl methyl sites for hydroxylation is 4. The number of hydrogen-bond donors (Lipinski definition) is 3. The highest BCUT2D eigenvalue weighted by Crippen LogP contribution is 2.21. The van der Waals surface area contributed by atoms with Crippen molar-refractivity contribution in [1.29, 1.82) is 0 Å². The summed E-state index contributed by atoms with van der Waals surface area (Å²) in [4.78, 5) is 40.8. The fraction of sp³-hybridized carbons (Fsp3) is 0.409. The molecule has 0 bridgehead atoms. The largest absolute Gasteiger partial charge is 0.465 e. The maximum absolute atomic E-state index is 12.7. The molecule has 0 radical (unpaired) electrons. The molecule has 1 heterocycles. The molecule has 0 aliphatic heterocycles. The summed E-state index contributed by atoms with van der Waals surface area (Å²) in [5.74, 6) is -0.784. The van der Waals surface area contributed by atoms with Gasteiger partial charge in [-0.15, -0.1) is 0 Å². The van der Waals surface area contributed by atoms with E-state index < -0.39 is 5.97 Å². The number of anilines is 1. The van der Waals surface area contributed by atoms with Crippen LogP contribution in [-0.4, -0.2) is 49.9 Å². The Morgan fingerprint density at radius 2 is 1.62 bits per heavy atom. The normalized spacial score (nSPS) is 11.8. The molecule has 0 fully saturated rings. The topological polar surface area (TPSA) is 92.7 Å². The molecule has 0 saturated carbocycles. The summed E-state index contributed by atoms with van der Waals surface area (Å²) in [6, 6.07) is 4.05. The third kappa shape index (κ3) is 5.12. The number of aromatic nitrogens is 1. The van der Waals surface area contributed by atoms with Gasteiger partial charge in [-0.05, 0) is 51.3 Å². The number of rotatable bonds is 7. The number of amides is 1. The molecule has 29 heavy (non-hydrogen) atoms. The van der Waals surface area contributed by atoms with Gasteiger partial charge in [-0.1, -0.05) is 17.7 Å². The number of carbonyl (C=O) groups excluding carboxylic acids is 3. The Hall–Kier alpha value is -2.93. The van der Waals surface area contributed by atoms with Gasteiger partial charge in [0.25, 0.3) is 5.91 Å². The van der Waals surface area contributed by atoms with Gasteiger partial charge in [-0.3, -0.25) is 9.59 Å². The van der Waals surface area contributed by atoms with E-state index in [0.29, 0.717) is 22.5 Å². The molecular weight excluding hydrogens is 370 g/mol. The van der Waals surface area contributed by atoms with Crippen LogP contribution in [0.4, 0.5) is 5.69 Å². The highest BCUT2D eigenvalue weighted by atomic mass is 16.5. The maximum atomic E-state index is 12.7. The molecule has 1 aromatic heterocycles. The number of nitrogens with one attached hydrogen (secondary N) is 3. The molecule has 0 spiro atoms. The van der Waals surface area contributed by atoms with Crippen LogP contribution in [0.2, 0.25) is 0 Å². The number of quaternary nitrogens is 1. The van der Waals surface area contributed by atoms with Crippen molar-refractivity contribution in [2.45, 2.75) is 34.6 Å².